The minimum Gasteiger partial charge on any atom is -0.325 e. The van der Waals surface area contributed by atoms with Gasteiger partial charge in [-0.05, 0) is 38.0 Å². The average Bonchev–Trinajstić information content (AvgIpc) is 3.03. The second kappa shape index (κ2) is 7.62. The predicted octanol–water partition coefficient (Wildman–Crippen LogP) is 3.21. The molecule has 2 heterocycles. The summed E-state index contributed by atoms with van der Waals surface area (Å²) in [7, 11) is 0. The summed E-state index contributed by atoms with van der Waals surface area (Å²) in [5, 5.41) is 0.669. The molecule has 6 heteroatoms. The molecule has 130 valence electrons. The fourth-order valence-corrected chi connectivity index (χ4v) is 3.12. The Hall–Kier alpha value is -2.45. The monoisotopic (exact) mass is 356 g/mol. The summed E-state index contributed by atoms with van der Waals surface area (Å²) in [6.07, 6.45) is 1.81. The first-order valence-corrected chi connectivity index (χ1v) is 8.86. The number of nitrogens with zero attached hydrogens (tertiary/aromatic N) is 4. The number of benzene rings is 1. The third-order valence-corrected chi connectivity index (χ3v) is 4.57. The minimum absolute atomic E-state index is 0.0870. The number of hydrogen-bond donors (Lipinski definition) is 0. The summed E-state index contributed by atoms with van der Waals surface area (Å²) >= 11 is 5.99. The number of urea groups is 1. The van der Waals surface area contributed by atoms with Gasteiger partial charge in [0.15, 0.2) is 5.82 Å². The molecule has 25 heavy (non-hydrogen) atoms. The summed E-state index contributed by atoms with van der Waals surface area (Å²) in [6, 6.07) is 7.54. The molecule has 0 N–H and O–H groups in total. The average molecular weight is 357 g/mol. The topological polar surface area (TPSA) is 41.4 Å². The van der Waals surface area contributed by atoms with Crippen molar-refractivity contribution in [1.29, 1.82) is 0 Å². The minimum atomic E-state index is 0.0870. The third-order valence-electron chi connectivity index (χ3n) is 4.33. The van der Waals surface area contributed by atoms with E-state index in [0.29, 0.717) is 24.7 Å². The summed E-state index contributed by atoms with van der Waals surface area (Å²) in [5.41, 5.74) is 1.88. The van der Waals surface area contributed by atoms with Gasteiger partial charge in [0.25, 0.3) is 0 Å². The summed E-state index contributed by atoms with van der Waals surface area (Å²) in [4.78, 5) is 20.6. The standard InChI is InChI=1S/C19H21ClN4O/c1-3-22(4-2)19(25)23-10-11-24-17(14-23)13-21-18(24)9-8-15-6-5-7-16(20)12-15/h5-7,12-13H,3-4,10-11,14H2,1-2H3. The Kier molecular flexibility index (Phi) is 5.30. The predicted molar refractivity (Wildman–Crippen MR) is 98.4 cm³/mol. The lowest BCUT2D eigenvalue weighted by Crippen LogP contribution is -2.46. The van der Waals surface area contributed by atoms with E-state index < -0.39 is 0 Å². The van der Waals surface area contributed by atoms with Crippen molar-refractivity contribution in [3.05, 3.63) is 52.6 Å². The van der Waals surface area contributed by atoms with E-state index in [0.717, 1.165) is 30.2 Å². The maximum atomic E-state index is 12.5. The highest BCUT2D eigenvalue weighted by Crippen LogP contribution is 2.16. The lowest BCUT2D eigenvalue weighted by atomic mass is 10.2. The number of carbonyl (C=O) groups excluding carboxylic acids is 1. The van der Waals surface area contributed by atoms with Crippen LogP contribution in [0.4, 0.5) is 4.79 Å². The van der Waals surface area contributed by atoms with Gasteiger partial charge in [-0.25, -0.2) is 9.78 Å². The van der Waals surface area contributed by atoms with Crippen molar-refractivity contribution in [3.63, 3.8) is 0 Å². The van der Waals surface area contributed by atoms with E-state index in [1.54, 1.807) is 0 Å². The highest BCUT2D eigenvalue weighted by atomic mass is 35.5. The molecule has 1 aliphatic heterocycles. The quantitative estimate of drug-likeness (QED) is 0.775. The van der Waals surface area contributed by atoms with Gasteiger partial charge in [-0.1, -0.05) is 23.6 Å². The molecule has 0 spiro atoms. The van der Waals surface area contributed by atoms with E-state index in [-0.39, 0.29) is 6.03 Å². The van der Waals surface area contributed by atoms with E-state index in [4.69, 9.17) is 11.6 Å². The van der Waals surface area contributed by atoms with Crippen LogP contribution in [0, 0.1) is 11.8 Å². The van der Waals surface area contributed by atoms with Gasteiger partial charge in [0, 0.05) is 36.8 Å². The zero-order valence-corrected chi connectivity index (χ0v) is 15.3. The number of rotatable bonds is 2. The lowest BCUT2D eigenvalue weighted by Gasteiger charge is -2.32. The van der Waals surface area contributed by atoms with Crippen molar-refractivity contribution in [2.24, 2.45) is 0 Å². The van der Waals surface area contributed by atoms with Crippen LogP contribution in [0.2, 0.25) is 5.02 Å². The molecule has 5 nitrogen and oxygen atoms in total. The second-order valence-corrected chi connectivity index (χ2v) is 6.30. The van der Waals surface area contributed by atoms with E-state index in [2.05, 4.69) is 21.4 Å². The van der Waals surface area contributed by atoms with Gasteiger partial charge in [0.05, 0.1) is 18.4 Å². The van der Waals surface area contributed by atoms with Crippen LogP contribution in [0.3, 0.4) is 0 Å². The largest absolute Gasteiger partial charge is 0.325 e. The Morgan fingerprint density at radius 3 is 2.80 bits per heavy atom. The van der Waals surface area contributed by atoms with Crippen molar-refractivity contribution in [3.8, 4) is 11.8 Å². The molecule has 1 aromatic heterocycles. The van der Waals surface area contributed by atoms with Crippen molar-refractivity contribution >= 4 is 17.6 Å². The van der Waals surface area contributed by atoms with Crippen molar-refractivity contribution < 1.29 is 4.79 Å². The molecule has 0 unspecified atom stereocenters. The second-order valence-electron chi connectivity index (χ2n) is 5.86. The van der Waals surface area contributed by atoms with E-state index in [1.807, 2.05) is 54.1 Å². The van der Waals surface area contributed by atoms with Crippen LogP contribution in [-0.4, -0.2) is 45.0 Å². The highest BCUT2D eigenvalue weighted by molar-refractivity contribution is 6.30. The number of carbonyl (C=O) groups is 1. The van der Waals surface area contributed by atoms with E-state index >= 15 is 0 Å². The molecule has 1 aromatic carbocycles. The maximum absolute atomic E-state index is 12.5. The molecule has 0 aliphatic carbocycles. The number of halogens is 1. The SMILES string of the molecule is CCN(CC)C(=O)N1CCn2c(cnc2C#Cc2cccc(Cl)c2)C1. The molecule has 0 atom stereocenters. The molecule has 2 aromatic rings. The summed E-state index contributed by atoms with van der Waals surface area (Å²) in [5.74, 6) is 6.94. The van der Waals surface area contributed by atoms with Crippen LogP contribution in [0.5, 0.6) is 0 Å². The third kappa shape index (κ3) is 3.80. The Balaban J connectivity index is 1.76. The zero-order chi connectivity index (χ0) is 17.8. The molecule has 1 aliphatic rings. The maximum Gasteiger partial charge on any atom is 0.320 e. The van der Waals surface area contributed by atoms with Crippen LogP contribution in [0.25, 0.3) is 0 Å². The molecular weight excluding hydrogens is 336 g/mol. The van der Waals surface area contributed by atoms with Crippen LogP contribution >= 0.6 is 11.6 Å². The number of hydrogen-bond acceptors (Lipinski definition) is 2. The van der Waals surface area contributed by atoms with Gasteiger partial charge in [-0.3, -0.25) is 0 Å². The first-order chi connectivity index (χ1) is 12.1. The van der Waals surface area contributed by atoms with E-state index in [9.17, 15) is 4.79 Å². The first-order valence-electron chi connectivity index (χ1n) is 8.48. The number of imidazole rings is 1. The van der Waals surface area contributed by atoms with Gasteiger partial charge in [-0.15, -0.1) is 0 Å². The highest BCUT2D eigenvalue weighted by Gasteiger charge is 2.25. The van der Waals surface area contributed by atoms with Crippen molar-refractivity contribution in [2.45, 2.75) is 26.9 Å². The van der Waals surface area contributed by atoms with Gasteiger partial charge in [-0.2, -0.15) is 0 Å². The van der Waals surface area contributed by atoms with Crippen molar-refractivity contribution in [2.75, 3.05) is 19.6 Å². The Morgan fingerprint density at radius 2 is 2.08 bits per heavy atom. The smallest absolute Gasteiger partial charge is 0.320 e. The lowest BCUT2D eigenvalue weighted by molar-refractivity contribution is 0.145. The fourth-order valence-electron chi connectivity index (χ4n) is 2.93. The van der Waals surface area contributed by atoms with Gasteiger partial charge >= 0.3 is 6.03 Å². The molecule has 0 saturated carbocycles. The van der Waals surface area contributed by atoms with Crippen LogP contribution in [0.1, 0.15) is 30.9 Å². The first kappa shape index (κ1) is 17.4. The van der Waals surface area contributed by atoms with Crippen LogP contribution in [-0.2, 0) is 13.1 Å². The summed E-state index contributed by atoms with van der Waals surface area (Å²) < 4.78 is 2.09. The molecule has 0 radical (unpaired) electrons. The van der Waals surface area contributed by atoms with Gasteiger partial charge in [0.1, 0.15) is 0 Å². The Morgan fingerprint density at radius 1 is 1.28 bits per heavy atom. The molecule has 0 fully saturated rings. The molecule has 3 rings (SSSR count). The Bertz CT molecular complexity index is 829. The molecule has 2 amide bonds. The summed E-state index contributed by atoms with van der Waals surface area (Å²) in [6.45, 7) is 7.40. The zero-order valence-electron chi connectivity index (χ0n) is 14.5. The van der Waals surface area contributed by atoms with E-state index in [1.165, 1.54) is 0 Å². The number of fused-ring (bicyclic) bond motifs is 1. The van der Waals surface area contributed by atoms with Gasteiger partial charge < -0.3 is 14.4 Å². The van der Waals surface area contributed by atoms with Crippen molar-refractivity contribution in [1.82, 2.24) is 19.4 Å². The molecule has 0 saturated heterocycles. The van der Waals surface area contributed by atoms with Crippen LogP contribution in [0.15, 0.2) is 30.5 Å². The fraction of sp³-hybridized carbons (Fsp3) is 0.368. The normalized spacial score (nSPS) is 13.0. The number of aromatic nitrogens is 2. The Labute approximate surface area is 153 Å². The van der Waals surface area contributed by atoms with Crippen LogP contribution < -0.4 is 0 Å². The van der Waals surface area contributed by atoms with Gasteiger partial charge in [0.2, 0.25) is 0 Å². The number of amides is 2. The molecular formula is C19H21ClN4O. The molecule has 0 bridgehead atoms.